The van der Waals surface area contributed by atoms with Crippen LogP contribution < -0.4 is 9.64 Å². The molecular formula is C39H40ClN2O+. The van der Waals surface area contributed by atoms with Crippen molar-refractivity contribution in [2.24, 2.45) is 0 Å². The predicted octanol–water partition coefficient (Wildman–Crippen LogP) is 9.52. The highest BCUT2D eigenvalue weighted by atomic mass is 35.5. The van der Waals surface area contributed by atoms with Gasteiger partial charge in [-0.1, -0.05) is 66.9 Å². The van der Waals surface area contributed by atoms with E-state index in [0.29, 0.717) is 6.61 Å². The predicted molar refractivity (Wildman–Crippen MR) is 181 cm³/mol. The van der Waals surface area contributed by atoms with E-state index in [2.05, 4.69) is 122 Å². The number of allylic oxidation sites excluding steroid dienone is 4. The molecule has 1 spiro atoms. The lowest BCUT2D eigenvalue weighted by Crippen LogP contribution is -2.31. The van der Waals surface area contributed by atoms with Gasteiger partial charge in [-0.25, -0.2) is 0 Å². The molecule has 0 radical (unpaired) electrons. The Kier molecular flexibility index (Phi) is 6.97. The summed E-state index contributed by atoms with van der Waals surface area (Å²) in [7, 11) is 4.44. The molecule has 1 unspecified atom stereocenters. The molecule has 0 bridgehead atoms. The highest BCUT2D eigenvalue weighted by Gasteiger charge is 2.51. The number of likely N-dealkylation sites (N-methyl/N-ethyl adjacent to an activating group) is 1. The van der Waals surface area contributed by atoms with Crippen LogP contribution in [0.4, 0.5) is 11.4 Å². The van der Waals surface area contributed by atoms with E-state index in [4.69, 9.17) is 16.3 Å². The number of hydrogen-bond donors (Lipinski definition) is 0. The van der Waals surface area contributed by atoms with Crippen molar-refractivity contribution in [3.63, 3.8) is 0 Å². The van der Waals surface area contributed by atoms with Crippen LogP contribution in [0.2, 0.25) is 5.02 Å². The second-order valence-electron chi connectivity index (χ2n) is 12.7. The largest absolute Gasteiger partial charge is 0.494 e. The smallest absolute Gasteiger partial charge is 0.209 e. The first kappa shape index (κ1) is 28.0. The molecule has 1 aliphatic carbocycles. The Balaban J connectivity index is 1.31. The Bertz CT molecular complexity index is 1810. The van der Waals surface area contributed by atoms with Crippen LogP contribution in [-0.2, 0) is 17.3 Å². The maximum atomic E-state index is 6.52. The molecule has 1 atom stereocenters. The number of nitrogens with zero attached hydrogens (tertiary/aromatic N) is 2. The van der Waals surface area contributed by atoms with Crippen molar-refractivity contribution < 1.29 is 9.31 Å². The van der Waals surface area contributed by atoms with Crippen molar-refractivity contribution in [3.8, 4) is 5.75 Å². The fourth-order valence-electron chi connectivity index (χ4n) is 8.12. The summed E-state index contributed by atoms with van der Waals surface area (Å²) >= 11 is 6.52. The van der Waals surface area contributed by atoms with Gasteiger partial charge in [-0.05, 0) is 97.5 Å². The molecule has 218 valence electrons. The Morgan fingerprint density at radius 2 is 1.65 bits per heavy atom. The van der Waals surface area contributed by atoms with Crippen molar-refractivity contribution in [2.45, 2.75) is 56.8 Å². The molecule has 4 aromatic carbocycles. The number of fused-ring (bicyclic) bond motifs is 4. The molecule has 0 aromatic heterocycles. The van der Waals surface area contributed by atoms with Crippen LogP contribution in [0.5, 0.6) is 5.75 Å². The second kappa shape index (κ2) is 10.7. The maximum Gasteiger partial charge on any atom is 0.209 e. The third-order valence-corrected chi connectivity index (χ3v) is 10.4. The monoisotopic (exact) mass is 587 g/mol. The summed E-state index contributed by atoms with van der Waals surface area (Å²) in [4.78, 5) is 2.41. The normalized spacial score (nSPS) is 21.5. The summed E-state index contributed by atoms with van der Waals surface area (Å²) < 4.78 is 8.13. The van der Waals surface area contributed by atoms with Crippen LogP contribution in [0.25, 0.3) is 10.8 Å². The van der Waals surface area contributed by atoms with E-state index < -0.39 is 0 Å². The Hall–Kier alpha value is -3.82. The number of hydrogen-bond acceptors (Lipinski definition) is 2. The highest BCUT2D eigenvalue weighted by Crippen LogP contribution is 2.52. The van der Waals surface area contributed by atoms with Crippen molar-refractivity contribution >= 4 is 39.5 Å². The third-order valence-electron chi connectivity index (χ3n) is 10.2. The number of benzene rings is 4. The standard InChI is InChI=1S/C39H40ClN2O/c1-5-43-31-18-15-27(16-19-31)26-38(2)32-23-28-11-6-7-12-29(28)24-35(32)42(4)36(38)13-10-14-37-39(21-8-9-22-39)33-25-30(40)17-20-34(33)41(37)3/h6-7,10-20,23-25H,5,8-9,21-22,26H2,1-4H3/q+1. The van der Waals surface area contributed by atoms with Gasteiger partial charge in [0.15, 0.2) is 5.71 Å². The molecule has 3 nitrogen and oxygen atoms in total. The molecular weight excluding hydrogens is 548 g/mol. The first-order valence-corrected chi connectivity index (χ1v) is 16.0. The zero-order valence-electron chi connectivity index (χ0n) is 25.7. The number of anilines is 1. The van der Waals surface area contributed by atoms with Gasteiger partial charge < -0.3 is 9.64 Å². The molecule has 1 fully saturated rings. The van der Waals surface area contributed by atoms with E-state index in [1.54, 1.807) is 0 Å². The summed E-state index contributed by atoms with van der Waals surface area (Å²) in [5.41, 5.74) is 9.20. The quantitative estimate of drug-likeness (QED) is 0.209. The number of ether oxygens (including phenoxy) is 1. The summed E-state index contributed by atoms with van der Waals surface area (Å²) in [6.45, 7) is 5.11. The average molecular weight is 588 g/mol. The molecule has 4 heteroatoms. The second-order valence-corrected chi connectivity index (χ2v) is 13.1. The lowest BCUT2D eigenvalue weighted by atomic mass is 9.75. The number of halogens is 1. The number of rotatable bonds is 6. The fraction of sp³-hybridized carbons (Fsp3) is 0.308. The topological polar surface area (TPSA) is 15.5 Å². The molecule has 1 saturated carbocycles. The molecule has 2 heterocycles. The van der Waals surface area contributed by atoms with Gasteiger partial charge in [0.2, 0.25) is 5.69 Å². The minimum absolute atomic E-state index is 0.0534. The van der Waals surface area contributed by atoms with Crippen molar-refractivity contribution in [1.29, 1.82) is 0 Å². The van der Waals surface area contributed by atoms with Gasteiger partial charge in [-0.3, -0.25) is 0 Å². The molecule has 4 aromatic rings. The van der Waals surface area contributed by atoms with Gasteiger partial charge in [0.25, 0.3) is 0 Å². The van der Waals surface area contributed by atoms with E-state index in [1.807, 2.05) is 13.0 Å². The van der Waals surface area contributed by atoms with Gasteiger partial charge in [0, 0.05) is 46.6 Å². The Morgan fingerprint density at radius 3 is 2.37 bits per heavy atom. The van der Waals surface area contributed by atoms with Crippen LogP contribution in [0.15, 0.2) is 103 Å². The van der Waals surface area contributed by atoms with E-state index in [1.165, 1.54) is 75.9 Å². The first-order chi connectivity index (χ1) is 20.8. The van der Waals surface area contributed by atoms with E-state index in [-0.39, 0.29) is 10.8 Å². The zero-order chi connectivity index (χ0) is 29.8. The van der Waals surface area contributed by atoms with E-state index >= 15 is 0 Å². The van der Waals surface area contributed by atoms with Crippen LogP contribution in [0.1, 0.15) is 56.2 Å². The summed E-state index contributed by atoms with van der Waals surface area (Å²) in [5, 5.41) is 3.39. The summed E-state index contributed by atoms with van der Waals surface area (Å²) in [6, 6.07) is 28.5. The molecule has 0 N–H and O–H groups in total. The Morgan fingerprint density at radius 1 is 0.930 bits per heavy atom. The van der Waals surface area contributed by atoms with Gasteiger partial charge in [-0.15, -0.1) is 0 Å². The third kappa shape index (κ3) is 4.52. The van der Waals surface area contributed by atoms with Crippen LogP contribution in [0, 0.1) is 0 Å². The summed E-state index contributed by atoms with van der Waals surface area (Å²) in [5.74, 6) is 0.922. The minimum Gasteiger partial charge on any atom is -0.494 e. The van der Waals surface area contributed by atoms with Crippen LogP contribution in [0.3, 0.4) is 0 Å². The lowest BCUT2D eigenvalue weighted by Gasteiger charge is -2.29. The van der Waals surface area contributed by atoms with Crippen molar-refractivity contribution in [1.82, 2.24) is 0 Å². The Labute approximate surface area is 260 Å². The molecule has 0 saturated heterocycles. The molecule has 2 aliphatic heterocycles. The van der Waals surface area contributed by atoms with Crippen LogP contribution in [-0.4, -0.2) is 31.0 Å². The van der Waals surface area contributed by atoms with Crippen molar-refractivity contribution in [3.05, 3.63) is 125 Å². The van der Waals surface area contributed by atoms with E-state index in [9.17, 15) is 0 Å². The van der Waals surface area contributed by atoms with E-state index in [0.717, 1.165) is 17.2 Å². The average Bonchev–Trinajstić information content (AvgIpc) is 3.64. The van der Waals surface area contributed by atoms with Gasteiger partial charge in [-0.2, -0.15) is 4.58 Å². The SMILES string of the molecule is CCOc1ccc(CC2(C)C(=CC=CC3=[N+](C)c4ccc(Cl)cc4C34CCCC4)N(C)c3cc4ccccc4cc32)cc1. The van der Waals surface area contributed by atoms with Crippen LogP contribution >= 0.6 is 11.6 Å². The highest BCUT2D eigenvalue weighted by molar-refractivity contribution is 6.30. The molecule has 43 heavy (non-hydrogen) atoms. The minimum atomic E-state index is -0.195. The zero-order valence-corrected chi connectivity index (χ0v) is 26.4. The molecule has 0 amide bonds. The van der Waals surface area contributed by atoms with Gasteiger partial charge in [0.05, 0.1) is 12.0 Å². The summed E-state index contributed by atoms with van der Waals surface area (Å²) in [6.07, 6.45) is 12.8. The maximum absolute atomic E-state index is 6.52. The van der Waals surface area contributed by atoms with Crippen molar-refractivity contribution in [2.75, 3.05) is 25.6 Å². The van der Waals surface area contributed by atoms with Gasteiger partial charge in [0.1, 0.15) is 12.8 Å². The molecule has 7 rings (SSSR count). The lowest BCUT2D eigenvalue weighted by molar-refractivity contribution is -0.401. The first-order valence-electron chi connectivity index (χ1n) is 15.6. The molecule has 3 aliphatic rings. The fourth-order valence-corrected chi connectivity index (χ4v) is 8.30. The van der Waals surface area contributed by atoms with Gasteiger partial charge >= 0.3 is 0 Å².